The minimum atomic E-state index is -4.40. The largest absolute Gasteiger partial charge is 0.416 e. The van der Waals surface area contributed by atoms with Crippen molar-refractivity contribution in [1.82, 2.24) is 15.2 Å². The molecule has 29 heavy (non-hydrogen) atoms. The Hall–Kier alpha value is -2.61. The van der Waals surface area contributed by atoms with Crippen molar-refractivity contribution in [2.24, 2.45) is 5.92 Å². The maximum absolute atomic E-state index is 12.8. The summed E-state index contributed by atoms with van der Waals surface area (Å²) in [6.45, 7) is 2.45. The molecule has 2 N–H and O–H groups in total. The molecule has 2 aromatic rings. The van der Waals surface area contributed by atoms with Crippen LogP contribution in [0.25, 0.3) is 0 Å². The lowest BCUT2D eigenvalue weighted by molar-refractivity contribution is -0.137. The molecule has 0 radical (unpaired) electrons. The second kappa shape index (κ2) is 7.67. The zero-order valence-corrected chi connectivity index (χ0v) is 15.8. The minimum absolute atomic E-state index is 0.0747. The lowest BCUT2D eigenvalue weighted by Crippen LogP contribution is -2.46. The van der Waals surface area contributed by atoms with Crippen LogP contribution in [0.2, 0.25) is 0 Å². The van der Waals surface area contributed by atoms with Gasteiger partial charge >= 0.3 is 6.18 Å². The Morgan fingerprint density at radius 1 is 1.21 bits per heavy atom. The van der Waals surface area contributed by atoms with Crippen LogP contribution in [0, 0.1) is 5.92 Å². The molecule has 154 valence electrons. The molecule has 3 heterocycles. The molecule has 0 unspecified atom stereocenters. The topological polar surface area (TPSA) is 63.1 Å². The summed E-state index contributed by atoms with van der Waals surface area (Å²) in [5.74, 6) is 0.178. The van der Waals surface area contributed by atoms with Crippen LogP contribution >= 0.6 is 0 Å². The quantitative estimate of drug-likeness (QED) is 0.822. The lowest BCUT2D eigenvalue weighted by Gasteiger charge is -2.37. The van der Waals surface area contributed by atoms with Crippen LogP contribution in [-0.2, 0) is 19.1 Å². The van der Waals surface area contributed by atoms with Crippen LogP contribution in [-0.4, -0.2) is 30.1 Å². The summed E-state index contributed by atoms with van der Waals surface area (Å²) in [6.07, 6.45) is -3.10. The Balaban J connectivity index is 1.43. The minimum Gasteiger partial charge on any atom is -0.352 e. The molecule has 1 amide bonds. The van der Waals surface area contributed by atoms with Crippen LogP contribution in [0.5, 0.6) is 0 Å². The van der Waals surface area contributed by atoms with Gasteiger partial charge in [0.05, 0.1) is 5.56 Å². The molecule has 2 atom stereocenters. The first-order valence-corrected chi connectivity index (χ1v) is 9.71. The Kier molecular flexibility index (Phi) is 5.21. The van der Waals surface area contributed by atoms with Crippen molar-refractivity contribution in [3.63, 3.8) is 0 Å². The van der Waals surface area contributed by atoms with Gasteiger partial charge in [0.1, 0.15) is 5.56 Å². The van der Waals surface area contributed by atoms with E-state index in [1.54, 1.807) is 16.7 Å². The number of carbonyl (C=O) groups excluding carboxylic acids is 1. The summed E-state index contributed by atoms with van der Waals surface area (Å²) in [6, 6.07) is 8.43. The third-order valence-corrected chi connectivity index (χ3v) is 5.71. The number of aromatic nitrogens is 1. The predicted molar refractivity (Wildman–Crippen MR) is 102 cm³/mol. The number of fused-ring (bicyclic) bond motifs is 4. The summed E-state index contributed by atoms with van der Waals surface area (Å²) in [5.41, 5.74) is 0.497. The molecule has 2 aliphatic rings. The lowest BCUT2D eigenvalue weighted by atomic mass is 9.84. The number of halogens is 3. The number of carbonyl (C=O) groups is 1. The third kappa shape index (κ3) is 4.07. The first kappa shape index (κ1) is 19.7. The Morgan fingerprint density at radius 2 is 2.03 bits per heavy atom. The number of hydrogen-bond donors (Lipinski definition) is 2. The van der Waals surface area contributed by atoms with E-state index in [4.69, 9.17) is 0 Å². The fourth-order valence-corrected chi connectivity index (χ4v) is 4.28. The molecule has 1 aromatic carbocycles. The molecule has 1 aromatic heterocycles. The SMILES string of the molecule is O=C(NCCc1cccc(C(F)(F)F)c1)c1ccc2n(c1=O)C[C@@H]1CNC[C@H]2C1. The van der Waals surface area contributed by atoms with Gasteiger partial charge in [0.15, 0.2) is 0 Å². The number of nitrogens with zero attached hydrogens (tertiary/aromatic N) is 1. The van der Waals surface area contributed by atoms with E-state index in [9.17, 15) is 22.8 Å². The van der Waals surface area contributed by atoms with Gasteiger partial charge in [0.25, 0.3) is 11.5 Å². The highest BCUT2D eigenvalue weighted by Crippen LogP contribution is 2.32. The molecular weight excluding hydrogens is 383 g/mol. The van der Waals surface area contributed by atoms with Crippen LogP contribution in [0.15, 0.2) is 41.2 Å². The fraction of sp³-hybridized carbons (Fsp3) is 0.429. The second-order valence-electron chi connectivity index (χ2n) is 7.75. The summed E-state index contributed by atoms with van der Waals surface area (Å²) in [5, 5.41) is 6.03. The van der Waals surface area contributed by atoms with Gasteiger partial charge in [-0.2, -0.15) is 13.2 Å². The number of alkyl halides is 3. The zero-order chi connectivity index (χ0) is 20.6. The number of amides is 1. The van der Waals surface area contributed by atoms with E-state index in [0.29, 0.717) is 18.0 Å². The molecule has 0 spiro atoms. The van der Waals surface area contributed by atoms with E-state index in [1.165, 1.54) is 6.07 Å². The third-order valence-electron chi connectivity index (χ3n) is 5.71. The molecule has 0 saturated carbocycles. The van der Waals surface area contributed by atoms with Gasteiger partial charge in [0, 0.05) is 31.2 Å². The number of hydrogen-bond acceptors (Lipinski definition) is 3. The van der Waals surface area contributed by atoms with Gasteiger partial charge in [-0.05, 0) is 49.1 Å². The van der Waals surface area contributed by atoms with Gasteiger partial charge in [-0.15, -0.1) is 0 Å². The predicted octanol–water partition coefficient (Wildman–Crippen LogP) is 2.55. The summed E-state index contributed by atoms with van der Waals surface area (Å²) < 4.78 is 40.1. The highest BCUT2D eigenvalue weighted by atomic mass is 19.4. The highest BCUT2D eigenvalue weighted by molar-refractivity contribution is 5.93. The maximum atomic E-state index is 12.8. The summed E-state index contributed by atoms with van der Waals surface area (Å²) in [4.78, 5) is 25.3. The van der Waals surface area contributed by atoms with Crippen LogP contribution in [0.4, 0.5) is 13.2 Å². The molecule has 1 fully saturated rings. The van der Waals surface area contributed by atoms with E-state index in [1.807, 2.05) is 6.07 Å². The molecule has 0 aliphatic carbocycles. The first-order valence-electron chi connectivity index (χ1n) is 9.71. The van der Waals surface area contributed by atoms with Crippen molar-refractivity contribution in [2.45, 2.75) is 31.5 Å². The van der Waals surface area contributed by atoms with Crippen molar-refractivity contribution in [3.8, 4) is 0 Å². The number of piperidine rings is 1. The molecule has 2 aliphatic heterocycles. The summed E-state index contributed by atoms with van der Waals surface area (Å²) >= 11 is 0. The van der Waals surface area contributed by atoms with Crippen molar-refractivity contribution in [1.29, 1.82) is 0 Å². The number of rotatable bonds is 4. The maximum Gasteiger partial charge on any atom is 0.416 e. The molecule has 5 nitrogen and oxygen atoms in total. The number of benzene rings is 1. The van der Waals surface area contributed by atoms with Gasteiger partial charge in [-0.3, -0.25) is 9.59 Å². The molecular formula is C21H22F3N3O2. The van der Waals surface area contributed by atoms with Gasteiger partial charge < -0.3 is 15.2 Å². The zero-order valence-electron chi connectivity index (χ0n) is 15.8. The molecule has 2 bridgehead atoms. The van der Waals surface area contributed by atoms with E-state index in [0.717, 1.165) is 37.3 Å². The number of pyridine rings is 1. The van der Waals surface area contributed by atoms with Crippen molar-refractivity contribution < 1.29 is 18.0 Å². The van der Waals surface area contributed by atoms with Crippen LogP contribution in [0.3, 0.4) is 0 Å². The van der Waals surface area contributed by atoms with Crippen LogP contribution in [0.1, 0.15) is 39.5 Å². The molecule has 1 saturated heterocycles. The van der Waals surface area contributed by atoms with Crippen LogP contribution < -0.4 is 16.2 Å². The normalized spacial score (nSPS) is 20.8. The van der Waals surface area contributed by atoms with E-state index >= 15 is 0 Å². The Labute approximate surface area is 165 Å². The highest BCUT2D eigenvalue weighted by Gasteiger charge is 2.32. The summed E-state index contributed by atoms with van der Waals surface area (Å²) in [7, 11) is 0. The molecule has 8 heteroatoms. The molecule has 4 rings (SSSR count). The number of nitrogens with one attached hydrogen (secondary N) is 2. The van der Waals surface area contributed by atoms with Crippen molar-refractivity contribution in [3.05, 3.63) is 69.1 Å². The average molecular weight is 405 g/mol. The Morgan fingerprint density at radius 3 is 2.83 bits per heavy atom. The fourth-order valence-electron chi connectivity index (χ4n) is 4.28. The Bertz CT molecular complexity index is 984. The standard InChI is InChI=1S/C21H22F3N3O2/c22-21(23,24)16-3-1-2-13(9-16)6-7-26-19(28)17-4-5-18-15-8-14(10-25-11-15)12-27(18)20(17)29/h1-5,9,14-15,25H,6-8,10-12H2,(H,26,28)/t14-,15+/m0/s1. The van der Waals surface area contributed by atoms with Crippen molar-refractivity contribution >= 4 is 5.91 Å². The first-order chi connectivity index (χ1) is 13.8. The monoisotopic (exact) mass is 405 g/mol. The van der Waals surface area contributed by atoms with Gasteiger partial charge in [-0.1, -0.05) is 18.2 Å². The average Bonchev–Trinajstić information content (AvgIpc) is 2.68. The van der Waals surface area contributed by atoms with Gasteiger partial charge in [-0.25, -0.2) is 0 Å². The van der Waals surface area contributed by atoms with E-state index in [2.05, 4.69) is 10.6 Å². The van der Waals surface area contributed by atoms with E-state index in [-0.39, 0.29) is 30.0 Å². The second-order valence-corrected chi connectivity index (χ2v) is 7.75. The smallest absolute Gasteiger partial charge is 0.352 e. The van der Waals surface area contributed by atoms with Crippen molar-refractivity contribution in [2.75, 3.05) is 19.6 Å². The van der Waals surface area contributed by atoms with E-state index < -0.39 is 17.6 Å². The van der Waals surface area contributed by atoms with Gasteiger partial charge in [0.2, 0.25) is 0 Å².